The minimum absolute atomic E-state index is 0.103. The van der Waals surface area contributed by atoms with Gasteiger partial charge in [0.1, 0.15) is 11.6 Å². The molecule has 1 heterocycles. The topological polar surface area (TPSA) is 44.4 Å². The number of hydrogen-bond acceptors (Lipinski definition) is 2. The Kier molecular flexibility index (Phi) is 6.83. The Morgan fingerprint density at radius 3 is 2.58 bits per heavy atom. The Morgan fingerprint density at radius 1 is 1.12 bits per heavy atom. The highest BCUT2D eigenvalue weighted by molar-refractivity contribution is 5.74. The minimum atomic E-state index is -0.476. The summed E-state index contributed by atoms with van der Waals surface area (Å²) < 4.78 is 27.6. The number of nitrogens with zero attached hydrogens (tertiary/aromatic N) is 1. The maximum Gasteiger partial charge on any atom is 0.317 e. The number of urea groups is 1. The highest BCUT2D eigenvalue weighted by Gasteiger charge is 2.24. The molecule has 2 N–H and O–H groups in total. The zero-order valence-corrected chi connectivity index (χ0v) is 15.3. The Balaban J connectivity index is 1.69. The number of carbonyl (C=O) groups is 1. The van der Waals surface area contributed by atoms with Crippen LogP contribution in [0.25, 0.3) is 0 Å². The number of piperidine rings is 1. The van der Waals surface area contributed by atoms with Gasteiger partial charge in [-0.05, 0) is 62.9 Å². The van der Waals surface area contributed by atoms with Crippen LogP contribution in [0.4, 0.5) is 13.6 Å². The average Bonchev–Trinajstić information content (AvgIpc) is 2.66. The second-order valence-electron chi connectivity index (χ2n) is 7.59. The molecule has 26 heavy (non-hydrogen) atoms. The van der Waals surface area contributed by atoms with Crippen molar-refractivity contribution in [3.63, 3.8) is 0 Å². The van der Waals surface area contributed by atoms with Crippen LogP contribution in [-0.4, -0.2) is 36.6 Å². The second-order valence-corrected chi connectivity index (χ2v) is 7.59. The number of hydrogen-bond donors (Lipinski definition) is 2. The van der Waals surface area contributed by atoms with Crippen molar-refractivity contribution in [3.05, 3.63) is 35.4 Å². The van der Waals surface area contributed by atoms with E-state index in [1.807, 2.05) is 0 Å². The van der Waals surface area contributed by atoms with Crippen LogP contribution in [0.1, 0.15) is 50.5 Å². The van der Waals surface area contributed by atoms with Crippen LogP contribution < -0.4 is 10.6 Å². The summed E-state index contributed by atoms with van der Waals surface area (Å²) in [4.78, 5) is 14.5. The van der Waals surface area contributed by atoms with E-state index >= 15 is 0 Å². The van der Waals surface area contributed by atoms with E-state index in [0.29, 0.717) is 12.5 Å². The van der Waals surface area contributed by atoms with Gasteiger partial charge >= 0.3 is 6.03 Å². The third-order valence-electron chi connectivity index (χ3n) is 5.53. The Hall–Kier alpha value is -1.69. The number of halogens is 2. The summed E-state index contributed by atoms with van der Waals surface area (Å²) in [6.45, 7) is 2.57. The molecule has 2 amide bonds. The molecule has 144 valence electrons. The van der Waals surface area contributed by atoms with Gasteiger partial charge in [0.15, 0.2) is 0 Å². The van der Waals surface area contributed by atoms with Crippen LogP contribution in [0.3, 0.4) is 0 Å². The first-order valence-electron chi connectivity index (χ1n) is 9.82. The quantitative estimate of drug-likeness (QED) is 0.833. The van der Waals surface area contributed by atoms with Gasteiger partial charge in [0, 0.05) is 18.2 Å². The van der Waals surface area contributed by atoms with Crippen LogP contribution in [0, 0.1) is 17.6 Å². The van der Waals surface area contributed by atoms with Crippen molar-refractivity contribution in [2.45, 2.75) is 57.5 Å². The van der Waals surface area contributed by atoms with Crippen molar-refractivity contribution in [2.75, 3.05) is 19.6 Å². The van der Waals surface area contributed by atoms with Gasteiger partial charge in [-0.1, -0.05) is 19.3 Å². The fraction of sp³-hybridized carbons (Fsp3) is 0.650. The summed E-state index contributed by atoms with van der Waals surface area (Å²) in [5, 5.41) is 6.44. The molecular formula is C20H29F2N3O. The van der Waals surface area contributed by atoms with E-state index in [9.17, 15) is 13.6 Å². The van der Waals surface area contributed by atoms with Crippen LogP contribution in [-0.2, 0) is 6.54 Å². The third kappa shape index (κ3) is 5.40. The molecule has 0 atom stereocenters. The van der Waals surface area contributed by atoms with Crippen molar-refractivity contribution in [3.8, 4) is 0 Å². The summed E-state index contributed by atoms with van der Waals surface area (Å²) >= 11 is 0. The van der Waals surface area contributed by atoms with E-state index in [1.54, 1.807) is 4.90 Å². The summed E-state index contributed by atoms with van der Waals surface area (Å²) in [6.07, 6.45) is 7.50. The van der Waals surface area contributed by atoms with Crippen molar-refractivity contribution in [1.29, 1.82) is 0 Å². The molecule has 0 spiro atoms. The second kappa shape index (κ2) is 9.31. The predicted octanol–water partition coefficient (Wildman–Crippen LogP) is 3.81. The Morgan fingerprint density at radius 2 is 1.85 bits per heavy atom. The molecule has 4 nitrogen and oxygen atoms in total. The van der Waals surface area contributed by atoms with Gasteiger partial charge in [-0.3, -0.25) is 0 Å². The molecule has 1 aromatic carbocycles. The first kappa shape index (κ1) is 19.1. The van der Waals surface area contributed by atoms with Gasteiger partial charge in [0.05, 0.1) is 6.54 Å². The van der Waals surface area contributed by atoms with Gasteiger partial charge < -0.3 is 15.5 Å². The molecular weight excluding hydrogens is 336 g/mol. The smallest absolute Gasteiger partial charge is 0.317 e. The lowest BCUT2D eigenvalue weighted by Gasteiger charge is -2.32. The molecule has 6 heteroatoms. The van der Waals surface area contributed by atoms with E-state index in [0.717, 1.165) is 63.7 Å². The molecule has 0 bridgehead atoms. The lowest BCUT2D eigenvalue weighted by Crippen LogP contribution is -2.47. The van der Waals surface area contributed by atoms with E-state index in [1.165, 1.54) is 12.5 Å². The predicted molar refractivity (Wildman–Crippen MR) is 97.8 cm³/mol. The van der Waals surface area contributed by atoms with Crippen LogP contribution >= 0.6 is 0 Å². The Labute approximate surface area is 154 Å². The minimum Gasteiger partial charge on any atom is -0.335 e. The highest BCUT2D eigenvalue weighted by atomic mass is 19.1. The summed E-state index contributed by atoms with van der Waals surface area (Å²) in [5.74, 6) is -0.548. The molecule has 1 saturated heterocycles. The molecule has 0 radical (unpaired) electrons. The summed E-state index contributed by atoms with van der Waals surface area (Å²) in [6, 6.07) is 3.48. The number of rotatable bonds is 5. The normalized spacial score (nSPS) is 19.3. The van der Waals surface area contributed by atoms with Crippen molar-refractivity contribution < 1.29 is 13.6 Å². The molecule has 2 aliphatic rings. The fourth-order valence-corrected chi connectivity index (χ4v) is 3.98. The van der Waals surface area contributed by atoms with Gasteiger partial charge in [0.2, 0.25) is 0 Å². The standard InChI is InChI=1S/C20H29F2N3O/c21-17-6-7-19(22)16(12-17)14-25(13-15-8-10-23-11-9-15)20(26)24-18-4-2-1-3-5-18/h6-7,12,15,18,23H,1-5,8-11,13-14H2,(H,24,26). The first-order valence-corrected chi connectivity index (χ1v) is 9.82. The number of carbonyl (C=O) groups excluding carboxylic acids is 1. The maximum atomic E-state index is 14.1. The molecule has 1 aliphatic carbocycles. The SMILES string of the molecule is O=C(NC1CCCCC1)N(Cc1cc(F)ccc1F)CC1CCNCC1. The van der Waals surface area contributed by atoms with Gasteiger partial charge in [-0.15, -0.1) is 0 Å². The fourth-order valence-electron chi connectivity index (χ4n) is 3.98. The molecule has 0 aromatic heterocycles. The number of nitrogens with one attached hydrogen (secondary N) is 2. The van der Waals surface area contributed by atoms with Crippen molar-refractivity contribution in [2.24, 2.45) is 5.92 Å². The van der Waals surface area contributed by atoms with Gasteiger partial charge in [-0.25, -0.2) is 13.6 Å². The van der Waals surface area contributed by atoms with E-state index < -0.39 is 11.6 Å². The molecule has 3 rings (SSSR count). The zero-order chi connectivity index (χ0) is 18.4. The summed E-state index contributed by atoms with van der Waals surface area (Å²) in [7, 11) is 0. The van der Waals surface area contributed by atoms with Crippen molar-refractivity contribution >= 4 is 6.03 Å². The molecule has 1 aromatic rings. The average molecular weight is 365 g/mol. The summed E-state index contributed by atoms with van der Waals surface area (Å²) in [5.41, 5.74) is 0.234. The van der Waals surface area contributed by atoms with E-state index in [-0.39, 0.29) is 24.2 Å². The lowest BCUT2D eigenvalue weighted by molar-refractivity contribution is 0.169. The van der Waals surface area contributed by atoms with Crippen molar-refractivity contribution in [1.82, 2.24) is 15.5 Å². The zero-order valence-electron chi connectivity index (χ0n) is 15.3. The molecule has 1 saturated carbocycles. The van der Waals surface area contributed by atoms with E-state index in [4.69, 9.17) is 0 Å². The third-order valence-corrected chi connectivity index (χ3v) is 5.53. The highest BCUT2D eigenvalue weighted by Crippen LogP contribution is 2.20. The largest absolute Gasteiger partial charge is 0.335 e. The van der Waals surface area contributed by atoms with Gasteiger partial charge in [0.25, 0.3) is 0 Å². The van der Waals surface area contributed by atoms with Crippen LogP contribution in [0.2, 0.25) is 0 Å². The molecule has 1 aliphatic heterocycles. The Bertz CT molecular complexity index is 599. The van der Waals surface area contributed by atoms with Gasteiger partial charge in [-0.2, -0.15) is 0 Å². The lowest BCUT2D eigenvalue weighted by atomic mass is 9.95. The van der Waals surface area contributed by atoms with Crippen LogP contribution in [0.5, 0.6) is 0 Å². The first-order chi connectivity index (χ1) is 12.6. The molecule has 2 fully saturated rings. The number of amides is 2. The monoisotopic (exact) mass is 365 g/mol. The van der Waals surface area contributed by atoms with Crippen LogP contribution in [0.15, 0.2) is 18.2 Å². The van der Waals surface area contributed by atoms with E-state index in [2.05, 4.69) is 10.6 Å². The maximum absolute atomic E-state index is 14.1. The molecule has 0 unspecified atom stereocenters. The number of benzene rings is 1.